The van der Waals surface area contributed by atoms with Gasteiger partial charge in [-0.05, 0) is 6.92 Å². The fourth-order valence-electron chi connectivity index (χ4n) is 1.24. The van der Waals surface area contributed by atoms with Crippen molar-refractivity contribution in [2.24, 2.45) is 0 Å². The molecule has 6 heteroatoms. The summed E-state index contributed by atoms with van der Waals surface area (Å²) in [7, 11) is -3.39. The second kappa shape index (κ2) is 5.08. The first kappa shape index (κ1) is 11.1. The van der Waals surface area contributed by atoms with Crippen molar-refractivity contribution in [1.82, 2.24) is 4.90 Å². The molecule has 0 radical (unpaired) electrons. The number of hydrogen-bond acceptors (Lipinski definition) is 4. The van der Waals surface area contributed by atoms with Crippen molar-refractivity contribution >= 4 is 7.60 Å². The first-order chi connectivity index (χ1) is 6.14. The second-order valence-electron chi connectivity index (χ2n) is 2.93. The highest BCUT2D eigenvalue weighted by Gasteiger charge is 2.24. The zero-order valence-corrected chi connectivity index (χ0v) is 8.70. The normalized spacial score (nSPS) is 24.2. The van der Waals surface area contributed by atoms with Crippen molar-refractivity contribution in [1.29, 1.82) is 0 Å². The summed E-state index contributed by atoms with van der Waals surface area (Å²) in [4.78, 5) is 11.2. The lowest BCUT2D eigenvalue weighted by atomic mass is 10.5. The van der Waals surface area contributed by atoms with E-state index in [1.807, 2.05) is 4.90 Å². The van der Waals surface area contributed by atoms with Crippen LogP contribution in [0.3, 0.4) is 0 Å². The number of ether oxygens (including phenoxy) is 1. The van der Waals surface area contributed by atoms with Crippen molar-refractivity contribution in [3.63, 3.8) is 0 Å². The summed E-state index contributed by atoms with van der Waals surface area (Å²) in [6.07, 6.45) is 0.115. The minimum Gasteiger partial charge on any atom is -0.379 e. The van der Waals surface area contributed by atoms with Gasteiger partial charge in [0.15, 0.2) is 0 Å². The molecule has 1 aliphatic rings. The number of nitrogens with zero attached hydrogens (tertiary/aromatic N) is 1. The lowest BCUT2D eigenvalue weighted by Crippen LogP contribution is -2.36. The van der Waals surface area contributed by atoms with Crippen LogP contribution in [0.4, 0.5) is 0 Å². The lowest BCUT2D eigenvalue weighted by molar-refractivity contribution is 0.0432. The summed E-state index contributed by atoms with van der Waals surface area (Å²) in [5.74, 6) is 0. The molecule has 0 aliphatic carbocycles. The van der Waals surface area contributed by atoms with Crippen LogP contribution in [0.2, 0.25) is 0 Å². The predicted octanol–water partition coefficient (Wildman–Crippen LogP) is 0.498. The van der Waals surface area contributed by atoms with Crippen molar-refractivity contribution in [2.45, 2.75) is 6.92 Å². The van der Waals surface area contributed by atoms with E-state index >= 15 is 0 Å². The van der Waals surface area contributed by atoms with Gasteiger partial charge in [-0.15, -0.1) is 0 Å². The standard InChI is InChI=1S/C7H16NO4P/c1-2-12-13(9,10)7-8-3-5-11-6-4-8/h2-7H2,1H3,(H,9,10). The second-order valence-corrected chi connectivity index (χ2v) is 4.74. The molecular weight excluding hydrogens is 193 g/mol. The maximum atomic E-state index is 11.3. The molecule has 1 atom stereocenters. The molecular formula is C7H16NO4P. The zero-order valence-electron chi connectivity index (χ0n) is 7.81. The number of rotatable bonds is 4. The van der Waals surface area contributed by atoms with Crippen LogP contribution >= 0.6 is 7.60 Å². The molecule has 1 saturated heterocycles. The molecule has 0 aromatic rings. The summed E-state index contributed by atoms with van der Waals surface area (Å²) in [5.41, 5.74) is 0. The van der Waals surface area contributed by atoms with Crippen molar-refractivity contribution in [3.05, 3.63) is 0 Å². The van der Waals surface area contributed by atoms with Crippen LogP contribution in [0.15, 0.2) is 0 Å². The summed E-state index contributed by atoms with van der Waals surface area (Å²) < 4.78 is 21.2. The summed E-state index contributed by atoms with van der Waals surface area (Å²) in [6, 6.07) is 0. The largest absolute Gasteiger partial charge is 0.379 e. The molecule has 0 saturated carbocycles. The smallest absolute Gasteiger partial charge is 0.341 e. The molecule has 5 nitrogen and oxygen atoms in total. The summed E-state index contributed by atoms with van der Waals surface area (Å²) in [5, 5.41) is 0. The Kier molecular flexibility index (Phi) is 4.35. The summed E-state index contributed by atoms with van der Waals surface area (Å²) in [6.45, 7) is 4.66. The van der Waals surface area contributed by atoms with Gasteiger partial charge in [-0.25, -0.2) is 0 Å². The van der Waals surface area contributed by atoms with Crippen molar-refractivity contribution < 1.29 is 18.7 Å². The lowest BCUT2D eigenvalue weighted by Gasteiger charge is -2.27. The Morgan fingerprint density at radius 2 is 2.15 bits per heavy atom. The maximum Gasteiger partial charge on any atom is 0.341 e. The monoisotopic (exact) mass is 209 g/mol. The Morgan fingerprint density at radius 3 is 2.69 bits per heavy atom. The molecule has 1 heterocycles. The number of morpholine rings is 1. The van der Waals surface area contributed by atoms with E-state index in [0.29, 0.717) is 26.3 Å². The topological polar surface area (TPSA) is 59.0 Å². The Bertz CT molecular complexity index is 193. The van der Waals surface area contributed by atoms with Gasteiger partial charge in [-0.2, -0.15) is 0 Å². The van der Waals surface area contributed by atoms with E-state index in [4.69, 9.17) is 9.26 Å². The molecule has 1 aliphatic heterocycles. The highest BCUT2D eigenvalue weighted by Crippen LogP contribution is 2.42. The van der Waals surface area contributed by atoms with E-state index in [0.717, 1.165) is 0 Å². The van der Waals surface area contributed by atoms with E-state index in [-0.39, 0.29) is 12.9 Å². The van der Waals surface area contributed by atoms with Crippen LogP contribution in [0.5, 0.6) is 0 Å². The van der Waals surface area contributed by atoms with Gasteiger partial charge in [0.2, 0.25) is 0 Å². The van der Waals surface area contributed by atoms with Crippen LogP contribution in [-0.4, -0.2) is 49.0 Å². The first-order valence-electron chi connectivity index (χ1n) is 4.40. The average molecular weight is 209 g/mol. The van der Waals surface area contributed by atoms with E-state index < -0.39 is 7.60 Å². The molecule has 78 valence electrons. The molecule has 1 unspecified atom stereocenters. The SMILES string of the molecule is CCOP(=O)(O)CN1CCOCC1. The van der Waals surface area contributed by atoms with Crippen LogP contribution in [0, 0.1) is 0 Å². The highest BCUT2D eigenvalue weighted by molar-refractivity contribution is 7.52. The van der Waals surface area contributed by atoms with E-state index in [2.05, 4.69) is 0 Å². The maximum absolute atomic E-state index is 11.3. The van der Waals surface area contributed by atoms with Gasteiger partial charge in [0.05, 0.1) is 19.8 Å². The van der Waals surface area contributed by atoms with Gasteiger partial charge < -0.3 is 14.2 Å². The molecule has 0 amide bonds. The number of hydrogen-bond donors (Lipinski definition) is 1. The zero-order chi connectivity index (χ0) is 9.73. The van der Waals surface area contributed by atoms with Gasteiger partial charge in [-0.3, -0.25) is 9.46 Å². The molecule has 0 aromatic heterocycles. The Morgan fingerprint density at radius 1 is 1.54 bits per heavy atom. The van der Waals surface area contributed by atoms with Crippen molar-refractivity contribution in [3.8, 4) is 0 Å². The predicted molar refractivity (Wildman–Crippen MR) is 48.7 cm³/mol. The van der Waals surface area contributed by atoms with Crippen LogP contribution < -0.4 is 0 Å². The fraction of sp³-hybridized carbons (Fsp3) is 1.00. The molecule has 0 spiro atoms. The third kappa shape index (κ3) is 4.20. The summed E-state index contributed by atoms with van der Waals surface area (Å²) >= 11 is 0. The highest BCUT2D eigenvalue weighted by atomic mass is 31.2. The average Bonchev–Trinajstić information content (AvgIpc) is 2.04. The van der Waals surface area contributed by atoms with Gasteiger partial charge in [-0.1, -0.05) is 0 Å². The van der Waals surface area contributed by atoms with Crippen molar-refractivity contribution in [2.75, 3.05) is 39.2 Å². The molecule has 1 rings (SSSR count). The van der Waals surface area contributed by atoms with E-state index in [9.17, 15) is 9.46 Å². The van der Waals surface area contributed by atoms with Crippen LogP contribution in [0.25, 0.3) is 0 Å². The molecule has 0 aromatic carbocycles. The first-order valence-corrected chi connectivity index (χ1v) is 6.17. The van der Waals surface area contributed by atoms with Gasteiger partial charge in [0.1, 0.15) is 6.29 Å². The van der Waals surface area contributed by atoms with Crippen LogP contribution in [0.1, 0.15) is 6.92 Å². The third-order valence-corrected chi connectivity index (χ3v) is 3.23. The molecule has 1 fully saturated rings. The Labute approximate surface area is 78.2 Å². The minimum atomic E-state index is -3.39. The van der Waals surface area contributed by atoms with Gasteiger partial charge in [0.25, 0.3) is 0 Å². The third-order valence-electron chi connectivity index (χ3n) is 1.81. The van der Waals surface area contributed by atoms with Crippen LogP contribution in [-0.2, 0) is 13.8 Å². The van der Waals surface area contributed by atoms with Gasteiger partial charge in [0, 0.05) is 13.1 Å². The Hall–Kier alpha value is 0.0700. The molecule has 1 N–H and O–H groups in total. The van der Waals surface area contributed by atoms with Gasteiger partial charge >= 0.3 is 7.60 Å². The Balaban J connectivity index is 2.32. The quantitative estimate of drug-likeness (QED) is 0.683. The van der Waals surface area contributed by atoms with E-state index in [1.54, 1.807) is 6.92 Å². The molecule has 0 bridgehead atoms. The fourth-order valence-corrected chi connectivity index (χ4v) is 2.51. The van der Waals surface area contributed by atoms with E-state index in [1.165, 1.54) is 0 Å². The minimum absolute atomic E-state index is 0.115. The molecule has 13 heavy (non-hydrogen) atoms.